The lowest BCUT2D eigenvalue weighted by Gasteiger charge is -2.35. The Balaban J connectivity index is 0.00000211. The number of amides is 1. The summed E-state index contributed by atoms with van der Waals surface area (Å²) in [6, 6.07) is 4.77. The van der Waals surface area contributed by atoms with Gasteiger partial charge in [-0.15, -0.1) is 37.1 Å². The van der Waals surface area contributed by atoms with E-state index in [1.54, 1.807) is 28.0 Å². The first-order valence-electron chi connectivity index (χ1n) is 13.4. The van der Waals surface area contributed by atoms with Crippen LogP contribution in [0.3, 0.4) is 0 Å². The average Bonchev–Trinajstić information content (AvgIpc) is 2.98. The van der Waals surface area contributed by atoms with Crippen LogP contribution in [0, 0.1) is 17.6 Å². The Kier molecular flexibility index (Phi) is 12.5. The summed E-state index contributed by atoms with van der Waals surface area (Å²) < 4.78 is 31.7. The van der Waals surface area contributed by atoms with E-state index in [-0.39, 0.29) is 52.7 Å². The fourth-order valence-electron chi connectivity index (χ4n) is 4.56. The van der Waals surface area contributed by atoms with Crippen molar-refractivity contribution in [3.8, 4) is 17.0 Å². The maximum Gasteiger partial charge on any atom is 0.355 e. The monoisotopic (exact) mass is 703 g/mol. The van der Waals surface area contributed by atoms with E-state index in [0.29, 0.717) is 37.4 Å². The molecular formula is C32H36F2IN5O3. The molecule has 0 bridgehead atoms. The normalized spacial score (nSPS) is 13.5. The fraction of sp³-hybridized carbons (Fsp3) is 0.250. The molecule has 0 spiro atoms. The van der Waals surface area contributed by atoms with E-state index in [1.165, 1.54) is 22.8 Å². The number of nitrogens with zero attached hydrogens (tertiary/aromatic N) is 5. The predicted molar refractivity (Wildman–Crippen MR) is 180 cm³/mol. The Morgan fingerprint density at radius 1 is 1.09 bits per heavy atom. The van der Waals surface area contributed by atoms with E-state index >= 15 is 4.39 Å². The number of hydrogen-bond acceptors (Lipinski definition) is 6. The SMILES string of the molecule is C=C.C=CC(=O)N1CCN(c2nc(=O)n(/C(=C/C=C\C)C(=C)C(C)C)c3nc(-c4c(O)cccc4F)c(F)cc23)CC1.I. The maximum absolute atomic E-state index is 15.7. The van der Waals surface area contributed by atoms with Gasteiger partial charge in [-0.1, -0.05) is 45.2 Å². The largest absolute Gasteiger partial charge is 0.507 e. The predicted octanol–water partition coefficient (Wildman–Crippen LogP) is 6.33. The van der Waals surface area contributed by atoms with E-state index in [9.17, 15) is 19.1 Å². The number of rotatable bonds is 7. The van der Waals surface area contributed by atoms with E-state index in [2.05, 4.69) is 36.3 Å². The quantitative estimate of drug-likeness (QED) is 0.134. The molecule has 1 fully saturated rings. The van der Waals surface area contributed by atoms with Crippen molar-refractivity contribution in [2.75, 3.05) is 31.1 Å². The lowest BCUT2D eigenvalue weighted by atomic mass is 10.0. The summed E-state index contributed by atoms with van der Waals surface area (Å²) in [6.07, 6.45) is 6.44. The molecule has 0 atom stereocenters. The Labute approximate surface area is 267 Å². The van der Waals surface area contributed by atoms with Crippen molar-refractivity contribution in [1.82, 2.24) is 19.4 Å². The molecule has 3 heterocycles. The summed E-state index contributed by atoms with van der Waals surface area (Å²) in [5.41, 5.74) is -0.531. The molecule has 1 aromatic carbocycles. The molecule has 8 nitrogen and oxygen atoms in total. The minimum Gasteiger partial charge on any atom is -0.507 e. The van der Waals surface area contributed by atoms with Crippen LogP contribution in [0.25, 0.3) is 28.0 Å². The highest BCUT2D eigenvalue weighted by molar-refractivity contribution is 14.0. The molecule has 11 heteroatoms. The second-order valence-corrected chi connectivity index (χ2v) is 9.65. The lowest BCUT2D eigenvalue weighted by molar-refractivity contribution is -0.126. The van der Waals surface area contributed by atoms with Gasteiger partial charge in [0.1, 0.15) is 23.1 Å². The van der Waals surface area contributed by atoms with Crippen LogP contribution in [0.15, 0.2) is 85.3 Å². The number of halogens is 3. The lowest BCUT2D eigenvalue weighted by Crippen LogP contribution is -2.49. The molecule has 4 rings (SSSR count). The zero-order chi connectivity index (χ0) is 31.1. The van der Waals surface area contributed by atoms with Gasteiger partial charge in [0.15, 0.2) is 11.5 Å². The minimum atomic E-state index is -0.900. The van der Waals surface area contributed by atoms with Gasteiger partial charge in [0, 0.05) is 26.2 Å². The molecule has 3 aromatic rings. The van der Waals surface area contributed by atoms with E-state index in [0.717, 1.165) is 12.1 Å². The molecular weight excluding hydrogens is 667 g/mol. The summed E-state index contributed by atoms with van der Waals surface area (Å²) in [5.74, 6) is -2.34. The van der Waals surface area contributed by atoms with Crippen molar-refractivity contribution in [1.29, 1.82) is 0 Å². The topological polar surface area (TPSA) is 91.6 Å². The van der Waals surface area contributed by atoms with Crippen molar-refractivity contribution in [3.05, 3.63) is 103 Å². The van der Waals surface area contributed by atoms with Crippen LogP contribution in [0.1, 0.15) is 20.8 Å². The van der Waals surface area contributed by atoms with Crippen LogP contribution in [0.4, 0.5) is 14.6 Å². The standard InChI is InChI=1S/C30H31F2N5O3.C2H4.HI/c1-6-8-11-23(19(5)18(3)4)37-29-20(17-22(32)27(33-29)26-21(31)10-9-12-24(26)38)28(34-30(37)40)36-15-13-35(14-16-36)25(39)7-2;1-2;/h6-12,17-18,38H,2,5,13-16H2,1,3-4H3;1-2H2;1H/b8-6-,23-11+;;. The van der Waals surface area contributed by atoms with Crippen LogP contribution in [-0.4, -0.2) is 56.6 Å². The molecule has 0 aliphatic carbocycles. The number of hydrogen-bond donors (Lipinski definition) is 1. The highest BCUT2D eigenvalue weighted by Gasteiger charge is 2.27. The zero-order valence-corrected chi connectivity index (χ0v) is 26.8. The van der Waals surface area contributed by atoms with Crippen LogP contribution in [0.5, 0.6) is 5.75 Å². The maximum atomic E-state index is 15.7. The number of carbonyl (C=O) groups excluding carboxylic acids is 1. The van der Waals surface area contributed by atoms with Crippen molar-refractivity contribution < 1.29 is 18.7 Å². The van der Waals surface area contributed by atoms with Crippen molar-refractivity contribution in [2.45, 2.75) is 20.8 Å². The van der Waals surface area contributed by atoms with Gasteiger partial charge in [-0.05, 0) is 48.8 Å². The number of fused-ring (bicyclic) bond motifs is 1. The fourth-order valence-corrected chi connectivity index (χ4v) is 4.56. The first-order chi connectivity index (χ1) is 20.1. The number of carbonyl (C=O) groups is 1. The van der Waals surface area contributed by atoms with Crippen molar-refractivity contribution >= 4 is 52.4 Å². The molecule has 0 unspecified atom stereocenters. The van der Waals surface area contributed by atoms with E-state index < -0.39 is 34.3 Å². The third-order valence-corrected chi connectivity index (χ3v) is 6.81. The highest BCUT2D eigenvalue weighted by atomic mass is 127. The Hall–Kier alpha value is -4.13. The van der Waals surface area contributed by atoms with Crippen LogP contribution in [-0.2, 0) is 4.79 Å². The Morgan fingerprint density at radius 2 is 1.74 bits per heavy atom. The smallest absolute Gasteiger partial charge is 0.355 e. The van der Waals surface area contributed by atoms with Gasteiger partial charge in [-0.3, -0.25) is 4.79 Å². The van der Waals surface area contributed by atoms with E-state index in [1.807, 2.05) is 20.8 Å². The van der Waals surface area contributed by atoms with Crippen molar-refractivity contribution in [3.63, 3.8) is 0 Å². The number of pyridine rings is 1. The third kappa shape index (κ3) is 7.27. The molecule has 1 aliphatic heterocycles. The van der Waals surface area contributed by atoms with Crippen LogP contribution in [0.2, 0.25) is 0 Å². The number of allylic oxidation sites excluding steroid dienone is 5. The molecule has 0 saturated carbocycles. The molecule has 1 saturated heterocycles. The highest BCUT2D eigenvalue weighted by Crippen LogP contribution is 2.36. The summed E-state index contributed by atoms with van der Waals surface area (Å²) in [6.45, 7) is 20.7. The van der Waals surface area contributed by atoms with Crippen LogP contribution < -0.4 is 10.6 Å². The number of benzene rings is 1. The first kappa shape index (κ1) is 35.1. The molecule has 2 aromatic heterocycles. The van der Waals surface area contributed by atoms with Gasteiger partial charge < -0.3 is 14.9 Å². The Bertz CT molecular complexity index is 1620. The molecule has 1 amide bonds. The molecule has 1 N–H and O–H groups in total. The average molecular weight is 704 g/mol. The number of aromatic nitrogens is 3. The number of phenols is 1. The Morgan fingerprint density at radius 3 is 2.30 bits per heavy atom. The number of aromatic hydroxyl groups is 1. The van der Waals surface area contributed by atoms with Gasteiger partial charge in [0.25, 0.3) is 0 Å². The minimum absolute atomic E-state index is 0. The summed E-state index contributed by atoms with van der Waals surface area (Å²) in [7, 11) is 0. The van der Waals surface area contributed by atoms with Gasteiger partial charge in [-0.25, -0.2) is 23.1 Å². The first-order valence-corrected chi connectivity index (χ1v) is 13.4. The van der Waals surface area contributed by atoms with Gasteiger partial charge >= 0.3 is 5.69 Å². The van der Waals surface area contributed by atoms with Gasteiger partial charge in [-0.2, -0.15) is 4.98 Å². The van der Waals surface area contributed by atoms with E-state index in [4.69, 9.17) is 0 Å². The number of anilines is 1. The molecule has 228 valence electrons. The van der Waals surface area contributed by atoms with Gasteiger partial charge in [0.05, 0.1) is 16.6 Å². The molecule has 0 radical (unpaired) electrons. The molecule has 1 aliphatic rings. The second-order valence-electron chi connectivity index (χ2n) is 9.65. The number of piperazine rings is 1. The number of phenolic OH excluding ortho intramolecular Hbond substituents is 1. The second kappa shape index (κ2) is 15.4. The summed E-state index contributed by atoms with van der Waals surface area (Å²) in [5, 5.41) is 10.6. The molecule has 43 heavy (non-hydrogen) atoms. The summed E-state index contributed by atoms with van der Waals surface area (Å²) >= 11 is 0. The third-order valence-electron chi connectivity index (χ3n) is 6.81. The zero-order valence-electron chi connectivity index (χ0n) is 24.5. The van der Waals surface area contributed by atoms with Crippen LogP contribution >= 0.6 is 24.0 Å². The van der Waals surface area contributed by atoms with Gasteiger partial charge in [0.2, 0.25) is 5.91 Å². The summed E-state index contributed by atoms with van der Waals surface area (Å²) in [4.78, 5) is 38.0. The van der Waals surface area contributed by atoms with Crippen molar-refractivity contribution in [2.24, 2.45) is 5.92 Å².